The zero-order valence-electron chi connectivity index (χ0n) is 15.8. The molecule has 1 unspecified atom stereocenters. The molecule has 1 aromatic carbocycles. The van der Waals surface area contributed by atoms with Crippen molar-refractivity contribution in [2.45, 2.75) is 31.4 Å². The molecule has 0 amide bonds. The molecule has 0 spiro atoms. The van der Waals surface area contributed by atoms with Crippen LogP contribution in [0.1, 0.15) is 31.4 Å². The summed E-state index contributed by atoms with van der Waals surface area (Å²) in [7, 11) is 4.89. The van der Waals surface area contributed by atoms with E-state index in [1.54, 1.807) is 20.2 Å². The third kappa shape index (κ3) is 5.95. The first-order valence-corrected chi connectivity index (χ1v) is 8.47. The van der Waals surface area contributed by atoms with Gasteiger partial charge in [-0.2, -0.15) is 0 Å². The van der Waals surface area contributed by atoms with E-state index in [4.69, 9.17) is 14.2 Å². The van der Waals surface area contributed by atoms with Crippen LogP contribution in [-0.4, -0.2) is 52.6 Å². The van der Waals surface area contributed by atoms with E-state index < -0.39 is 0 Å². The van der Waals surface area contributed by atoms with Gasteiger partial charge in [0.25, 0.3) is 0 Å². The van der Waals surface area contributed by atoms with Crippen LogP contribution in [0.25, 0.3) is 0 Å². The Balaban J connectivity index is 0.00000338. The molecule has 26 heavy (non-hydrogen) atoms. The fourth-order valence-corrected chi connectivity index (χ4v) is 2.88. The minimum absolute atomic E-state index is 0. The average Bonchev–Trinajstić information content (AvgIpc) is 2.65. The molecule has 6 nitrogen and oxygen atoms in total. The van der Waals surface area contributed by atoms with Gasteiger partial charge in [-0.05, 0) is 24.6 Å². The van der Waals surface area contributed by atoms with Crippen LogP contribution >= 0.6 is 24.0 Å². The normalized spacial score (nSPS) is 17.8. The lowest BCUT2D eigenvalue weighted by Gasteiger charge is -2.36. The number of hydrogen-bond donors (Lipinski definition) is 2. The molecule has 1 aliphatic heterocycles. The van der Waals surface area contributed by atoms with Crippen LogP contribution in [0, 0.1) is 5.82 Å². The molecule has 1 aromatic rings. The van der Waals surface area contributed by atoms with Crippen molar-refractivity contribution >= 4 is 29.9 Å². The SMILES string of the molecule is CN=C(NCC1(OC)CCOCC1)NC(C)c1ccc(OC)c(F)c1.I. The fraction of sp³-hybridized carbons (Fsp3) is 0.611. The number of methoxy groups -OCH3 is 2. The second-order valence-corrected chi connectivity index (χ2v) is 6.19. The highest BCUT2D eigenvalue weighted by molar-refractivity contribution is 14.0. The monoisotopic (exact) mass is 481 g/mol. The van der Waals surface area contributed by atoms with Crippen molar-refractivity contribution in [2.75, 3.05) is 41.0 Å². The zero-order chi connectivity index (χ0) is 18.3. The molecular formula is C18H29FIN3O3. The van der Waals surface area contributed by atoms with Crippen molar-refractivity contribution < 1.29 is 18.6 Å². The van der Waals surface area contributed by atoms with Crippen molar-refractivity contribution in [1.82, 2.24) is 10.6 Å². The molecule has 1 fully saturated rings. The molecule has 0 radical (unpaired) electrons. The van der Waals surface area contributed by atoms with Crippen molar-refractivity contribution in [3.63, 3.8) is 0 Å². The first-order chi connectivity index (χ1) is 12.0. The minimum Gasteiger partial charge on any atom is -0.494 e. The van der Waals surface area contributed by atoms with Crippen molar-refractivity contribution in [2.24, 2.45) is 4.99 Å². The van der Waals surface area contributed by atoms with Crippen molar-refractivity contribution in [1.29, 1.82) is 0 Å². The van der Waals surface area contributed by atoms with E-state index in [0.717, 1.165) is 18.4 Å². The summed E-state index contributed by atoms with van der Waals surface area (Å²) in [5.41, 5.74) is 0.569. The van der Waals surface area contributed by atoms with Gasteiger partial charge in [0.1, 0.15) is 0 Å². The van der Waals surface area contributed by atoms with Gasteiger partial charge in [0, 0.05) is 46.8 Å². The summed E-state index contributed by atoms with van der Waals surface area (Å²) in [5.74, 6) is 0.504. The Labute approximate surface area is 171 Å². The Hall–Kier alpha value is -1.13. The van der Waals surface area contributed by atoms with Crippen LogP contribution in [0.3, 0.4) is 0 Å². The smallest absolute Gasteiger partial charge is 0.191 e. The van der Waals surface area contributed by atoms with Crippen LogP contribution in [0.15, 0.2) is 23.2 Å². The van der Waals surface area contributed by atoms with E-state index in [9.17, 15) is 4.39 Å². The molecular weight excluding hydrogens is 452 g/mol. The van der Waals surface area contributed by atoms with E-state index in [0.29, 0.717) is 25.7 Å². The van der Waals surface area contributed by atoms with Gasteiger partial charge in [0.15, 0.2) is 17.5 Å². The van der Waals surface area contributed by atoms with Gasteiger partial charge in [0.05, 0.1) is 18.8 Å². The molecule has 1 aliphatic rings. The molecule has 0 aromatic heterocycles. The van der Waals surface area contributed by atoms with Crippen LogP contribution < -0.4 is 15.4 Å². The van der Waals surface area contributed by atoms with Crippen LogP contribution in [-0.2, 0) is 9.47 Å². The van der Waals surface area contributed by atoms with Gasteiger partial charge in [-0.25, -0.2) is 4.39 Å². The summed E-state index contributed by atoms with van der Waals surface area (Å²) < 4.78 is 30.0. The number of halogens is 2. The lowest BCUT2D eigenvalue weighted by Crippen LogP contribution is -2.51. The minimum atomic E-state index is -0.378. The Bertz CT molecular complexity index is 595. The van der Waals surface area contributed by atoms with E-state index in [1.165, 1.54) is 13.2 Å². The summed E-state index contributed by atoms with van der Waals surface area (Å²) in [5, 5.41) is 6.58. The van der Waals surface area contributed by atoms with Crippen LogP contribution in [0.4, 0.5) is 4.39 Å². The maximum Gasteiger partial charge on any atom is 0.191 e. The predicted molar refractivity (Wildman–Crippen MR) is 111 cm³/mol. The Morgan fingerprint density at radius 1 is 1.35 bits per heavy atom. The number of guanidine groups is 1. The molecule has 1 atom stereocenters. The Morgan fingerprint density at radius 2 is 2.04 bits per heavy atom. The second-order valence-electron chi connectivity index (χ2n) is 6.19. The van der Waals surface area contributed by atoms with Gasteiger partial charge in [-0.3, -0.25) is 4.99 Å². The quantitative estimate of drug-likeness (QED) is 0.372. The maximum atomic E-state index is 13.9. The van der Waals surface area contributed by atoms with Gasteiger partial charge in [-0.15, -0.1) is 24.0 Å². The predicted octanol–water partition coefficient (Wildman–Crippen LogP) is 2.87. The fourth-order valence-electron chi connectivity index (χ4n) is 2.88. The molecule has 0 bridgehead atoms. The van der Waals surface area contributed by atoms with E-state index in [2.05, 4.69) is 15.6 Å². The molecule has 0 saturated carbocycles. The number of benzene rings is 1. The molecule has 1 saturated heterocycles. The number of rotatable bonds is 6. The summed E-state index contributed by atoms with van der Waals surface area (Å²) in [6.45, 7) is 3.98. The number of ether oxygens (including phenoxy) is 3. The van der Waals surface area contributed by atoms with Gasteiger partial charge >= 0.3 is 0 Å². The third-order valence-electron chi connectivity index (χ3n) is 4.67. The van der Waals surface area contributed by atoms with Gasteiger partial charge < -0.3 is 24.8 Å². The zero-order valence-corrected chi connectivity index (χ0v) is 18.1. The molecule has 148 valence electrons. The highest BCUT2D eigenvalue weighted by atomic mass is 127. The number of hydrogen-bond acceptors (Lipinski definition) is 4. The molecule has 8 heteroatoms. The lowest BCUT2D eigenvalue weighted by atomic mass is 9.94. The second kappa shape index (κ2) is 10.9. The third-order valence-corrected chi connectivity index (χ3v) is 4.67. The first-order valence-electron chi connectivity index (χ1n) is 8.47. The maximum absolute atomic E-state index is 13.9. The highest BCUT2D eigenvalue weighted by Gasteiger charge is 2.32. The first kappa shape index (κ1) is 22.9. The summed E-state index contributed by atoms with van der Waals surface area (Å²) in [4.78, 5) is 4.25. The number of nitrogens with zero attached hydrogens (tertiary/aromatic N) is 1. The van der Waals surface area contributed by atoms with Crippen molar-refractivity contribution in [3.05, 3.63) is 29.6 Å². The van der Waals surface area contributed by atoms with Crippen LogP contribution in [0.5, 0.6) is 5.75 Å². The standard InChI is InChI=1S/C18H28FN3O3.HI/c1-13(14-5-6-16(23-3)15(19)11-14)22-17(20-2)21-12-18(24-4)7-9-25-10-8-18;/h5-6,11,13H,7-10,12H2,1-4H3,(H2,20,21,22);1H. The molecule has 0 aliphatic carbocycles. The van der Waals surface area contributed by atoms with E-state index in [-0.39, 0.29) is 47.2 Å². The summed E-state index contributed by atoms with van der Waals surface area (Å²) >= 11 is 0. The largest absolute Gasteiger partial charge is 0.494 e. The average molecular weight is 481 g/mol. The van der Waals surface area contributed by atoms with Gasteiger partial charge in [0.2, 0.25) is 0 Å². The van der Waals surface area contributed by atoms with E-state index in [1.807, 2.05) is 13.0 Å². The molecule has 2 rings (SSSR count). The van der Waals surface area contributed by atoms with Crippen molar-refractivity contribution in [3.8, 4) is 5.75 Å². The number of nitrogens with one attached hydrogen (secondary N) is 2. The van der Waals surface area contributed by atoms with E-state index >= 15 is 0 Å². The lowest BCUT2D eigenvalue weighted by molar-refractivity contribution is -0.0855. The summed E-state index contributed by atoms with van der Waals surface area (Å²) in [6.07, 6.45) is 1.68. The Morgan fingerprint density at radius 3 is 2.58 bits per heavy atom. The molecule has 2 N–H and O–H groups in total. The molecule has 1 heterocycles. The summed E-state index contributed by atoms with van der Waals surface area (Å²) in [6, 6.07) is 4.82. The number of aliphatic imine (C=N–C) groups is 1. The highest BCUT2D eigenvalue weighted by Crippen LogP contribution is 2.24. The topological polar surface area (TPSA) is 64.1 Å². The Kier molecular flexibility index (Phi) is 9.59. The van der Waals surface area contributed by atoms with Gasteiger partial charge in [-0.1, -0.05) is 6.07 Å². The van der Waals surface area contributed by atoms with Crippen LogP contribution in [0.2, 0.25) is 0 Å².